The lowest BCUT2D eigenvalue weighted by atomic mass is 9.80. The van der Waals surface area contributed by atoms with Crippen molar-refractivity contribution in [3.8, 4) is 0 Å². The van der Waals surface area contributed by atoms with Gasteiger partial charge in [-0.3, -0.25) is 14.3 Å². The van der Waals surface area contributed by atoms with Crippen molar-refractivity contribution in [2.45, 2.75) is 70.6 Å². The molecule has 148 valence electrons. The predicted octanol–water partition coefficient (Wildman–Crippen LogP) is 1.85. The topological polar surface area (TPSA) is 78.7 Å². The molecule has 2 amide bonds. The van der Waals surface area contributed by atoms with Gasteiger partial charge in [-0.25, -0.2) is 0 Å². The number of hydrogen-bond acceptors (Lipinski definition) is 4. The van der Waals surface area contributed by atoms with E-state index in [2.05, 4.69) is 5.10 Å². The summed E-state index contributed by atoms with van der Waals surface area (Å²) in [6.45, 7) is 3.62. The van der Waals surface area contributed by atoms with Gasteiger partial charge in [0.25, 0.3) is 0 Å². The molecule has 7 nitrogen and oxygen atoms in total. The van der Waals surface area contributed by atoms with Gasteiger partial charge in [-0.05, 0) is 44.1 Å². The van der Waals surface area contributed by atoms with E-state index >= 15 is 0 Å². The van der Waals surface area contributed by atoms with Gasteiger partial charge >= 0.3 is 0 Å². The molecule has 27 heavy (non-hydrogen) atoms. The molecule has 1 aromatic heterocycles. The third kappa shape index (κ3) is 4.03. The molecular weight excluding hydrogens is 344 g/mol. The molecule has 1 aromatic rings. The largest absolute Gasteiger partial charge is 0.386 e. The summed E-state index contributed by atoms with van der Waals surface area (Å²) < 4.78 is 1.97. The Bertz CT molecular complexity index is 697. The van der Waals surface area contributed by atoms with E-state index in [0.717, 1.165) is 63.1 Å². The molecule has 0 aromatic carbocycles. The fourth-order valence-corrected chi connectivity index (χ4v) is 4.36. The number of rotatable bonds is 6. The molecular formula is C20H30N4O3. The number of aryl methyl sites for hydroxylation is 1. The maximum absolute atomic E-state index is 12.7. The van der Waals surface area contributed by atoms with Crippen LogP contribution in [-0.4, -0.2) is 56.1 Å². The van der Waals surface area contributed by atoms with Gasteiger partial charge in [-0.1, -0.05) is 6.42 Å². The van der Waals surface area contributed by atoms with Gasteiger partial charge in [0.2, 0.25) is 11.8 Å². The highest BCUT2D eigenvalue weighted by molar-refractivity contribution is 5.78. The Morgan fingerprint density at radius 1 is 1.22 bits per heavy atom. The van der Waals surface area contributed by atoms with Crippen molar-refractivity contribution in [3.63, 3.8) is 0 Å². The first-order chi connectivity index (χ1) is 13.1. The molecule has 1 saturated heterocycles. The number of aromatic nitrogens is 2. The molecule has 3 aliphatic rings. The van der Waals surface area contributed by atoms with Crippen molar-refractivity contribution in [1.29, 1.82) is 0 Å². The van der Waals surface area contributed by atoms with E-state index in [1.807, 2.05) is 20.5 Å². The molecule has 4 rings (SSSR count). The normalized spacial score (nSPS) is 21.7. The Morgan fingerprint density at radius 3 is 2.78 bits per heavy atom. The zero-order chi connectivity index (χ0) is 18.8. The molecule has 1 saturated carbocycles. The molecule has 1 atom stereocenters. The standard InChI is InChI=1S/C20H30N4O3/c25-18-7-2-9-22(18)10-3-8-19(26)23-11-4-12-24-16(14-23)13-17(21-24)20(27)15-5-1-6-15/h13,15,20,27H,1-12,14H2/t20-/m0/s1. The highest BCUT2D eigenvalue weighted by Gasteiger charge is 2.30. The van der Waals surface area contributed by atoms with Crippen molar-refractivity contribution in [2.75, 3.05) is 19.6 Å². The van der Waals surface area contributed by atoms with Crippen LogP contribution >= 0.6 is 0 Å². The van der Waals surface area contributed by atoms with E-state index in [1.54, 1.807) is 0 Å². The Morgan fingerprint density at radius 2 is 2.07 bits per heavy atom. The van der Waals surface area contributed by atoms with E-state index in [0.29, 0.717) is 31.8 Å². The third-order valence-corrected chi connectivity index (χ3v) is 6.28. The first-order valence-corrected chi connectivity index (χ1v) is 10.4. The number of carbonyl (C=O) groups excluding carboxylic acids is 2. The fraction of sp³-hybridized carbons (Fsp3) is 0.750. The summed E-state index contributed by atoms with van der Waals surface area (Å²) in [4.78, 5) is 28.1. The molecule has 0 unspecified atom stereocenters. The average Bonchev–Trinajstić information content (AvgIpc) is 3.14. The van der Waals surface area contributed by atoms with Crippen LogP contribution in [0.15, 0.2) is 6.07 Å². The van der Waals surface area contributed by atoms with E-state index in [-0.39, 0.29) is 11.8 Å². The Kier molecular flexibility index (Phi) is 5.48. The number of amides is 2. The average molecular weight is 374 g/mol. The number of hydrogen-bond donors (Lipinski definition) is 1. The molecule has 7 heteroatoms. The number of aliphatic hydroxyl groups excluding tert-OH is 1. The summed E-state index contributed by atoms with van der Waals surface area (Å²) in [5.41, 5.74) is 1.78. The van der Waals surface area contributed by atoms with Crippen molar-refractivity contribution >= 4 is 11.8 Å². The summed E-state index contributed by atoms with van der Waals surface area (Å²) in [6, 6.07) is 1.98. The van der Waals surface area contributed by atoms with E-state index in [4.69, 9.17) is 0 Å². The van der Waals surface area contributed by atoms with Crippen molar-refractivity contribution in [3.05, 3.63) is 17.5 Å². The molecule has 3 heterocycles. The molecule has 0 radical (unpaired) electrons. The summed E-state index contributed by atoms with van der Waals surface area (Å²) in [5, 5.41) is 15.1. The van der Waals surface area contributed by atoms with Gasteiger partial charge in [0.05, 0.1) is 17.9 Å². The molecule has 0 spiro atoms. The lowest BCUT2D eigenvalue weighted by Gasteiger charge is -2.29. The Hall–Kier alpha value is -1.89. The van der Waals surface area contributed by atoms with Crippen LogP contribution < -0.4 is 0 Å². The number of nitrogens with zero attached hydrogens (tertiary/aromatic N) is 4. The van der Waals surface area contributed by atoms with Crippen molar-refractivity contribution in [1.82, 2.24) is 19.6 Å². The van der Waals surface area contributed by atoms with Gasteiger partial charge in [-0.15, -0.1) is 0 Å². The van der Waals surface area contributed by atoms with Crippen molar-refractivity contribution < 1.29 is 14.7 Å². The van der Waals surface area contributed by atoms with Crippen LogP contribution in [0.1, 0.15) is 68.9 Å². The molecule has 0 bridgehead atoms. The van der Waals surface area contributed by atoms with Crippen LogP contribution in [0.25, 0.3) is 0 Å². The van der Waals surface area contributed by atoms with Gasteiger partial charge in [0.1, 0.15) is 6.10 Å². The third-order valence-electron chi connectivity index (χ3n) is 6.28. The maximum Gasteiger partial charge on any atom is 0.222 e. The lowest BCUT2D eigenvalue weighted by Crippen LogP contribution is -2.32. The minimum atomic E-state index is -0.472. The highest BCUT2D eigenvalue weighted by Crippen LogP contribution is 2.37. The summed E-state index contributed by atoms with van der Waals surface area (Å²) in [7, 11) is 0. The summed E-state index contributed by atoms with van der Waals surface area (Å²) in [6.07, 6.45) is 6.56. The van der Waals surface area contributed by atoms with Gasteiger partial charge in [-0.2, -0.15) is 5.10 Å². The smallest absolute Gasteiger partial charge is 0.222 e. The fourth-order valence-electron chi connectivity index (χ4n) is 4.36. The second-order valence-electron chi connectivity index (χ2n) is 8.18. The summed E-state index contributed by atoms with van der Waals surface area (Å²) in [5.74, 6) is 0.714. The van der Waals surface area contributed by atoms with Gasteiger partial charge < -0.3 is 14.9 Å². The van der Waals surface area contributed by atoms with Crippen LogP contribution in [0.2, 0.25) is 0 Å². The Balaban J connectivity index is 1.32. The van der Waals surface area contributed by atoms with E-state index < -0.39 is 6.10 Å². The van der Waals surface area contributed by atoms with Crippen LogP contribution in [0.3, 0.4) is 0 Å². The quantitative estimate of drug-likeness (QED) is 0.824. The lowest BCUT2D eigenvalue weighted by molar-refractivity contribution is -0.133. The molecule has 2 fully saturated rings. The number of likely N-dealkylation sites (tertiary alicyclic amines) is 1. The SMILES string of the molecule is O=C1CCCN1CCCC(=O)N1CCCn2nc([C@@H](O)C3CCC3)cc2C1. The van der Waals surface area contributed by atoms with Crippen LogP contribution in [0.4, 0.5) is 0 Å². The molecule has 2 aliphatic heterocycles. The zero-order valence-corrected chi connectivity index (χ0v) is 16.0. The maximum atomic E-state index is 12.7. The predicted molar refractivity (Wildman–Crippen MR) is 99.6 cm³/mol. The van der Waals surface area contributed by atoms with Gasteiger partial charge in [0.15, 0.2) is 0 Å². The Labute approximate surface area is 160 Å². The second kappa shape index (κ2) is 8.00. The minimum absolute atomic E-state index is 0.150. The first kappa shape index (κ1) is 18.5. The zero-order valence-electron chi connectivity index (χ0n) is 16.0. The van der Waals surface area contributed by atoms with Crippen molar-refractivity contribution in [2.24, 2.45) is 5.92 Å². The molecule has 1 N–H and O–H groups in total. The number of aliphatic hydroxyl groups is 1. The first-order valence-electron chi connectivity index (χ1n) is 10.4. The summed E-state index contributed by atoms with van der Waals surface area (Å²) >= 11 is 0. The van der Waals surface area contributed by atoms with Crippen LogP contribution in [0, 0.1) is 5.92 Å². The minimum Gasteiger partial charge on any atom is -0.386 e. The number of fused-ring (bicyclic) bond motifs is 1. The van der Waals surface area contributed by atoms with E-state index in [9.17, 15) is 14.7 Å². The van der Waals surface area contributed by atoms with Crippen LogP contribution in [-0.2, 0) is 22.7 Å². The van der Waals surface area contributed by atoms with Gasteiger partial charge in [0, 0.05) is 39.0 Å². The van der Waals surface area contributed by atoms with E-state index in [1.165, 1.54) is 6.42 Å². The van der Waals surface area contributed by atoms with Crippen LogP contribution in [0.5, 0.6) is 0 Å². The monoisotopic (exact) mass is 374 g/mol. The second-order valence-corrected chi connectivity index (χ2v) is 8.18. The highest BCUT2D eigenvalue weighted by atomic mass is 16.3. The molecule has 1 aliphatic carbocycles. The number of carbonyl (C=O) groups is 2.